The molecule has 20 heavy (non-hydrogen) atoms. The Hall–Kier alpha value is -0.160. The van der Waals surface area contributed by atoms with E-state index in [1.165, 1.54) is 0 Å². The maximum absolute atomic E-state index is 6.22. The van der Waals surface area contributed by atoms with Crippen LogP contribution in [-0.4, -0.2) is 30.0 Å². The predicted octanol–water partition coefficient (Wildman–Crippen LogP) is 2.86. The second kappa shape index (κ2) is 5.91. The van der Waals surface area contributed by atoms with Crippen LogP contribution in [0.25, 0.3) is 0 Å². The summed E-state index contributed by atoms with van der Waals surface area (Å²) in [7, 11) is 0. The zero-order valence-corrected chi connectivity index (χ0v) is 14.5. The van der Waals surface area contributed by atoms with E-state index >= 15 is 0 Å². The van der Waals surface area contributed by atoms with E-state index in [9.17, 15) is 0 Å². The van der Waals surface area contributed by atoms with E-state index in [1.54, 1.807) is 0 Å². The molecule has 0 aliphatic carbocycles. The average Bonchev–Trinajstić information content (AvgIpc) is 2.45. The third-order valence-corrected chi connectivity index (χ3v) is 4.30. The average molecular weight is 286 g/mol. The fraction of sp³-hybridized carbons (Fsp3) is 1.00. The van der Waals surface area contributed by atoms with Crippen molar-refractivity contribution in [1.82, 2.24) is 5.43 Å². The van der Waals surface area contributed by atoms with Gasteiger partial charge in [-0.05, 0) is 46.5 Å². The van der Waals surface area contributed by atoms with Crippen LogP contribution < -0.4 is 11.3 Å². The fourth-order valence-corrected chi connectivity index (χ4v) is 3.65. The van der Waals surface area contributed by atoms with E-state index in [0.29, 0.717) is 12.5 Å². The summed E-state index contributed by atoms with van der Waals surface area (Å²) in [5, 5.41) is 0. The SMILES string of the molecule is CCOC(C(NN)C1CC(C)(C)OC1(C)C)C(C)(C)C. The number of hydrazine groups is 1. The predicted molar refractivity (Wildman–Crippen MR) is 83.3 cm³/mol. The zero-order chi connectivity index (χ0) is 15.8. The molecule has 1 saturated heterocycles. The van der Waals surface area contributed by atoms with Gasteiger partial charge in [0.05, 0.1) is 23.3 Å². The van der Waals surface area contributed by atoms with Gasteiger partial charge in [0.2, 0.25) is 0 Å². The molecule has 0 spiro atoms. The van der Waals surface area contributed by atoms with Crippen LogP contribution in [0.5, 0.6) is 0 Å². The molecule has 120 valence electrons. The first-order chi connectivity index (χ1) is 8.94. The lowest BCUT2D eigenvalue weighted by molar-refractivity contribution is -0.0975. The molecule has 1 fully saturated rings. The molecule has 0 aromatic heterocycles. The third-order valence-electron chi connectivity index (χ3n) is 4.30. The Morgan fingerprint density at radius 1 is 1.30 bits per heavy atom. The first kappa shape index (κ1) is 17.9. The number of nitrogens with one attached hydrogen (secondary N) is 1. The second-order valence-corrected chi connectivity index (χ2v) is 8.21. The van der Waals surface area contributed by atoms with E-state index in [-0.39, 0.29) is 28.8 Å². The molecule has 3 atom stereocenters. The summed E-state index contributed by atoms with van der Waals surface area (Å²) in [6, 6.07) is 0.0757. The molecule has 0 saturated carbocycles. The molecule has 1 rings (SSSR count). The fourth-order valence-electron chi connectivity index (χ4n) is 3.65. The summed E-state index contributed by atoms with van der Waals surface area (Å²) >= 11 is 0. The summed E-state index contributed by atoms with van der Waals surface area (Å²) in [5.41, 5.74) is 2.73. The van der Waals surface area contributed by atoms with Crippen LogP contribution in [0.4, 0.5) is 0 Å². The molecule has 4 heteroatoms. The Kier molecular flexibility index (Phi) is 5.29. The van der Waals surface area contributed by atoms with Crippen LogP contribution in [0.1, 0.15) is 61.8 Å². The van der Waals surface area contributed by atoms with Crippen LogP contribution in [0.3, 0.4) is 0 Å². The van der Waals surface area contributed by atoms with Gasteiger partial charge in [0.25, 0.3) is 0 Å². The molecule has 1 heterocycles. The minimum Gasteiger partial charge on any atom is -0.376 e. The molecule has 1 aliphatic rings. The van der Waals surface area contributed by atoms with Gasteiger partial charge in [-0.15, -0.1) is 0 Å². The Morgan fingerprint density at radius 2 is 1.85 bits per heavy atom. The Balaban J connectivity index is 3.05. The van der Waals surface area contributed by atoms with Crippen molar-refractivity contribution < 1.29 is 9.47 Å². The maximum atomic E-state index is 6.22. The Morgan fingerprint density at radius 3 is 2.15 bits per heavy atom. The van der Waals surface area contributed by atoms with Crippen LogP contribution in [-0.2, 0) is 9.47 Å². The summed E-state index contributed by atoms with van der Waals surface area (Å²) < 4.78 is 12.3. The van der Waals surface area contributed by atoms with Crippen LogP contribution in [0.15, 0.2) is 0 Å². The molecular weight excluding hydrogens is 252 g/mol. The van der Waals surface area contributed by atoms with Crippen molar-refractivity contribution in [2.24, 2.45) is 17.2 Å². The third kappa shape index (κ3) is 3.94. The van der Waals surface area contributed by atoms with Crippen molar-refractivity contribution in [3.05, 3.63) is 0 Å². The van der Waals surface area contributed by atoms with Crippen molar-refractivity contribution in [1.29, 1.82) is 0 Å². The number of ether oxygens (including phenoxy) is 2. The normalized spacial score (nSPS) is 28.4. The second-order valence-electron chi connectivity index (χ2n) is 8.21. The van der Waals surface area contributed by atoms with Crippen molar-refractivity contribution in [2.45, 2.75) is 85.2 Å². The standard InChI is InChI=1S/C16H34N2O2/c1-9-19-13(14(2,3)4)12(18-17)11-10-15(5,6)20-16(11,7)8/h11-13,18H,9-10,17H2,1-8H3. The smallest absolute Gasteiger partial charge is 0.0793 e. The molecule has 0 aromatic rings. The molecule has 0 bridgehead atoms. The van der Waals surface area contributed by atoms with Gasteiger partial charge in [-0.25, -0.2) is 0 Å². The molecule has 3 unspecified atom stereocenters. The van der Waals surface area contributed by atoms with Gasteiger partial charge in [0.1, 0.15) is 0 Å². The first-order valence-electron chi connectivity index (χ1n) is 7.72. The molecular formula is C16H34N2O2. The topological polar surface area (TPSA) is 56.5 Å². The summed E-state index contributed by atoms with van der Waals surface area (Å²) in [6.45, 7) is 17.9. The van der Waals surface area contributed by atoms with Gasteiger partial charge < -0.3 is 9.47 Å². The number of hydrogen-bond acceptors (Lipinski definition) is 4. The van der Waals surface area contributed by atoms with Crippen LogP contribution >= 0.6 is 0 Å². The minimum atomic E-state index is -0.207. The highest BCUT2D eigenvalue weighted by molar-refractivity contribution is 5.03. The maximum Gasteiger partial charge on any atom is 0.0793 e. The number of hydrogen-bond donors (Lipinski definition) is 2. The van der Waals surface area contributed by atoms with Gasteiger partial charge in [-0.3, -0.25) is 11.3 Å². The monoisotopic (exact) mass is 286 g/mol. The van der Waals surface area contributed by atoms with Gasteiger partial charge in [-0.1, -0.05) is 20.8 Å². The molecule has 0 radical (unpaired) electrons. The lowest BCUT2D eigenvalue weighted by Gasteiger charge is -2.42. The van der Waals surface area contributed by atoms with E-state index in [1.807, 2.05) is 6.92 Å². The largest absolute Gasteiger partial charge is 0.376 e. The number of rotatable bonds is 5. The minimum absolute atomic E-state index is 0.0237. The lowest BCUT2D eigenvalue weighted by atomic mass is 9.73. The first-order valence-corrected chi connectivity index (χ1v) is 7.72. The molecule has 4 nitrogen and oxygen atoms in total. The zero-order valence-electron chi connectivity index (χ0n) is 14.5. The van der Waals surface area contributed by atoms with Gasteiger partial charge in [0, 0.05) is 12.5 Å². The quantitative estimate of drug-likeness (QED) is 0.603. The molecule has 0 amide bonds. The van der Waals surface area contributed by atoms with Crippen LogP contribution in [0, 0.1) is 11.3 Å². The van der Waals surface area contributed by atoms with E-state index in [2.05, 4.69) is 53.9 Å². The summed E-state index contributed by atoms with van der Waals surface area (Å²) in [5.74, 6) is 6.22. The summed E-state index contributed by atoms with van der Waals surface area (Å²) in [6.07, 6.45) is 1.04. The van der Waals surface area contributed by atoms with E-state index in [0.717, 1.165) is 6.42 Å². The highest BCUT2D eigenvalue weighted by atomic mass is 16.5. The highest BCUT2D eigenvalue weighted by Gasteiger charge is 2.52. The Bertz CT molecular complexity index is 321. The lowest BCUT2D eigenvalue weighted by Crippen LogP contribution is -2.57. The van der Waals surface area contributed by atoms with Gasteiger partial charge >= 0.3 is 0 Å². The molecule has 1 aliphatic heterocycles. The van der Waals surface area contributed by atoms with Crippen molar-refractivity contribution in [3.8, 4) is 0 Å². The molecule has 3 N–H and O–H groups in total. The van der Waals surface area contributed by atoms with E-state index < -0.39 is 0 Å². The van der Waals surface area contributed by atoms with Crippen molar-refractivity contribution >= 4 is 0 Å². The Labute approximate surface area is 124 Å². The number of nitrogens with two attached hydrogens (primary N) is 1. The highest BCUT2D eigenvalue weighted by Crippen LogP contribution is 2.45. The van der Waals surface area contributed by atoms with Crippen molar-refractivity contribution in [2.75, 3.05) is 6.61 Å². The molecule has 0 aromatic carbocycles. The van der Waals surface area contributed by atoms with E-state index in [4.69, 9.17) is 15.3 Å². The summed E-state index contributed by atoms with van der Waals surface area (Å²) in [4.78, 5) is 0. The van der Waals surface area contributed by atoms with Gasteiger partial charge in [-0.2, -0.15) is 0 Å². The van der Waals surface area contributed by atoms with Crippen molar-refractivity contribution in [3.63, 3.8) is 0 Å². The van der Waals surface area contributed by atoms with Crippen LogP contribution in [0.2, 0.25) is 0 Å². The van der Waals surface area contributed by atoms with Gasteiger partial charge in [0.15, 0.2) is 0 Å².